The Morgan fingerprint density at radius 1 is 0.306 bits per heavy atom. The van der Waals surface area contributed by atoms with E-state index in [1.54, 1.807) is 0 Å². The van der Waals surface area contributed by atoms with E-state index < -0.39 is 131 Å². The fraction of sp³-hybridized carbons (Fsp3) is 0.312. The maximum absolute atomic E-state index is 13.0. The van der Waals surface area contributed by atoms with Gasteiger partial charge in [0.2, 0.25) is 0 Å². The summed E-state index contributed by atoms with van der Waals surface area (Å²) in [5, 5.41) is 0. The highest BCUT2D eigenvalue weighted by molar-refractivity contribution is 6.83. The molecule has 21 heteroatoms. The molecule has 0 spiro atoms. The first-order valence-electron chi connectivity index (χ1n) is 23.6. The van der Waals surface area contributed by atoms with Gasteiger partial charge in [-0.2, -0.15) is 0 Å². The molecule has 2 heterocycles. The molecule has 10 atom stereocenters. The Kier molecular flexibility index (Phi) is 31.9. The van der Waals surface area contributed by atoms with Crippen LogP contribution in [-0.2, 0) is 94.6 Å². The molecule has 85 heavy (non-hydrogen) atoms. The van der Waals surface area contributed by atoms with Crippen molar-refractivity contribution >= 4 is 56.3 Å². The summed E-state index contributed by atoms with van der Waals surface area (Å²) in [6.07, 6.45) is -8.50. The van der Waals surface area contributed by atoms with Gasteiger partial charge in [0.15, 0.2) is 49.2 Å². The van der Waals surface area contributed by atoms with Crippen LogP contribution in [0.3, 0.4) is 0 Å². The summed E-state index contributed by atoms with van der Waals surface area (Å²) in [5.74, 6) is 68.8. The topological polar surface area (TPSA) is 247 Å². The second-order valence-electron chi connectivity index (χ2n) is 15.3. The third kappa shape index (κ3) is 29.1. The fourth-order valence-corrected chi connectivity index (χ4v) is 8.02. The lowest BCUT2D eigenvalue weighted by Gasteiger charge is -2.47. The molecule has 0 aromatic heterocycles. The lowest BCUT2D eigenvalue weighted by Crippen LogP contribution is -2.67. The molecule has 2 aliphatic rings. The number of rotatable bonds is 14. The molecule has 2 saturated heterocycles. The Hall–Kier alpha value is -12.1. The van der Waals surface area contributed by atoms with Gasteiger partial charge in [-0.3, -0.25) is 38.4 Å². The smallest absolute Gasteiger partial charge is 0.463 e. The summed E-state index contributed by atoms with van der Waals surface area (Å²) < 4.78 is 69.5. The Bertz CT molecular complexity index is 3600. The maximum Gasteiger partial charge on any atom is 0.516 e. The van der Waals surface area contributed by atoms with Crippen LogP contribution in [0.5, 0.6) is 0 Å². The minimum Gasteiger partial charge on any atom is -0.463 e. The zero-order valence-corrected chi connectivity index (χ0v) is 47.0. The predicted molar refractivity (Wildman–Crippen MR) is 294 cm³/mol. The van der Waals surface area contributed by atoms with E-state index >= 15 is 0 Å². The molecule has 20 nitrogen and oxygen atoms in total. The third-order valence-corrected chi connectivity index (χ3v) is 10.8. The summed E-state index contributed by atoms with van der Waals surface area (Å²) in [7, 11) is -5.30. The zero-order valence-electron chi connectivity index (χ0n) is 46.0. The van der Waals surface area contributed by atoms with E-state index in [2.05, 4.69) is 201 Å². The van der Waals surface area contributed by atoms with Crippen molar-refractivity contribution in [2.24, 2.45) is 0 Å². The average molecular weight is 1160 g/mol. The van der Waals surface area contributed by atoms with Gasteiger partial charge in [-0.15, -0.1) is 12.8 Å². The SMILES string of the molecule is C#CC#CC#CC#CC#CC#CC#CC#CC#C[Si](C#CC#CC#CC#CC#CC#CC#CC#CC#C)(OC1OC(COC(C)=O)C(OC(C)=O)C(OC(C)=O)C1OC(C)=O)OC1OC(COC(C)=O)C(OC(C)=O)C(OC(C)=O)C1OC(C)=O. The molecule has 0 aromatic carbocycles. The molecule has 0 saturated carbocycles. The van der Waals surface area contributed by atoms with E-state index in [4.69, 9.17) is 69.1 Å². The predicted octanol–water partition coefficient (Wildman–Crippen LogP) is -0.973. The standard InChI is InChI=1S/C64H40O20Si/c1-11-13-15-17-19-21-23-25-27-29-31-33-35-37-39-41-43-85(44-42-40-38-36-34-32-30-28-26-24-22-20-18-16-14-12-2,83-63-61(79-53(9)71)59(77-51(7)69)57(75-49(5)67)55(81-63)45-73-47(3)65)84-64-62(80-54(10)72)60(78-52(8)70)58(76-50(6)68)56(82-64)46-74-48(4)66/h1-2,55-64H,45-46H2,3-10H3. The second-order valence-corrected chi connectivity index (χ2v) is 17.5. The summed E-state index contributed by atoms with van der Waals surface area (Å²) in [6.45, 7) is 6.41. The van der Waals surface area contributed by atoms with E-state index in [0.717, 1.165) is 55.4 Å². The lowest BCUT2D eigenvalue weighted by atomic mass is 9.98. The van der Waals surface area contributed by atoms with Gasteiger partial charge in [0.1, 0.15) is 25.4 Å². The Morgan fingerprint density at radius 3 is 0.741 bits per heavy atom. The Labute approximate surface area is 492 Å². The van der Waals surface area contributed by atoms with Crippen molar-refractivity contribution < 1.29 is 94.6 Å². The van der Waals surface area contributed by atoms with Crippen LogP contribution in [0.25, 0.3) is 0 Å². The van der Waals surface area contributed by atoms with Crippen LogP contribution in [0.4, 0.5) is 0 Å². The molecule has 2 aliphatic heterocycles. The minimum atomic E-state index is -5.30. The van der Waals surface area contributed by atoms with E-state index in [-0.39, 0.29) is 0 Å². The van der Waals surface area contributed by atoms with Crippen molar-refractivity contribution in [2.45, 2.75) is 117 Å². The number of hydrogen-bond acceptors (Lipinski definition) is 20. The van der Waals surface area contributed by atoms with Gasteiger partial charge in [0.25, 0.3) is 0 Å². The summed E-state index contributed by atoms with van der Waals surface area (Å²) in [6, 6.07) is 0. The van der Waals surface area contributed by atoms with E-state index in [9.17, 15) is 38.4 Å². The molecule has 0 amide bonds. The molecule has 0 radical (unpaired) electrons. The Morgan fingerprint density at radius 2 is 0.518 bits per heavy atom. The number of esters is 8. The van der Waals surface area contributed by atoms with Crippen molar-refractivity contribution in [3.05, 3.63) is 0 Å². The van der Waals surface area contributed by atoms with Gasteiger partial charge in [0.05, 0.1) is 0 Å². The highest BCUT2D eigenvalue weighted by Crippen LogP contribution is 2.35. The van der Waals surface area contributed by atoms with Gasteiger partial charge in [-0.1, -0.05) is 0 Å². The van der Waals surface area contributed by atoms with Crippen LogP contribution in [0, 0.1) is 213 Å². The normalized spacial score (nSPS) is 18.9. The van der Waals surface area contributed by atoms with Crippen molar-refractivity contribution in [1.29, 1.82) is 0 Å². The van der Waals surface area contributed by atoms with E-state index in [0.29, 0.717) is 0 Å². The second kappa shape index (κ2) is 39.3. The monoisotopic (exact) mass is 1160 g/mol. The van der Waals surface area contributed by atoms with Crippen LogP contribution in [0.2, 0.25) is 0 Å². The highest BCUT2D eigenvalue weighted by Gasteiger charge is 2.59. The van der Waals surface area contributed by atoms with Crippen LogP contribution in [-0.4, -0.2) is 131 Å². The average Bonchev–Trinajstić information content (AvgIpc) is 2.85. The molecule has 2 rings (SSSR count). The first kappa shape index (κ1) is 69.0. The first-order chi connectivity index (χ1) is 40.7. The number of ether oxygens (including phenoxy) is 10. The summed E-state index contributed by atoms with van der Waals surface area (Å²) in [5.41, 5.74) is 5.31. The first-order valence-corrected chi connectivity index (χ1v) is 25.5. The largest absolute Gasteiger partial charge is 0.516 e. The fourth-order valence-electron chi connectivity index (χ4n) is 6.18. The Balaban J connectivity index is 3.24. The number of carbonyl (C=O) groups is 8. The quantitative estimate of drug-likeness (QED) is 0.0879. The maximum atomic E-state index is 13.0. The zero-order chi connectivity index (χ0) is 62.8. The van der Waals surface area contributed by atoms with Crippen LogP contribution in [0.15, 0.2) is 0 Å². The summed E-state index contributed by atoms with van der Waals surface area (Å²) in [4.78, 5) is 101. The molecule has 2 fully saturated rings. The molecular formula is C64H40O20Si. The molecular weight excluding hydrogens is 1120 g/mol. The van der Waals surface area contributed by atoms with Gasteiger partial charge in [-0.05, 0) is 201 Å². The highest BCUT2D eigenvalue weighted by atomic mass is 28.4. The molecule has 0 aliphatic carbocycles. The number of carbonyl (C=O) groups excluding carboxylic acids is 8. The lowest BCUT2D eigenvalue weighted by molar-refractivity contribution is -0.305. The van der Waals surface area contributed by atoms with Gasteiger partial charge < -0.3 is 56.2 Å². The van der Waals surface area contributed by atoms with Crippen molar-refractivity contribution in [1.82, 2.24) is 0 Å². The van der Waals surface area contributed by atoms with Crippen LogP contribution in [0.1, 0.15) is 55.4 Å². The van der Waals surface area contributed by atoms with Crippen LogP contribution >= 0.6 is 0 Å². The van der Waals surface area contributed by atoms with Crippen molar-refractivity contribution in [2.75, 3.05) is 13.2 Å². The number of terminal acetylenes is 2. The minimum absolute atomic E-state index is 0.738. The van der Waals surface area contributed by atoms with E-state index in [1.807, 2.05) is 0 Å². The van der Waals surface area contributed by atoms with E-state index in [1.165, 1.54) is 0 Å². The van der Waals surface area contributed by atoms with Crippen LogP contribution < -0.4 is 0 Å². The third-order valence-electron chi connectivity index (χ3n) is 8.81. The summed E-state index contributed by atoms with van der Waals surface area (Å²) >= 11 is 0. The molecule has 10 unspecified atom stereocenters. The number of hydrogen-bond donors (Lipinski definition) is 0. The molecule has 420 valence electrons. The van der Waals surface area contributed by atoms with Crippen molar-refractivity contribution in [3.63, 3.8) is 0 Å². The van der Waals surface area contributed by atoms with Gasteiger partial charge >= 0.3 is 56.3 Å². The molecule has 0 N–H and O–H groups in total. The molecule has 0 aromatic rings. The van der Waals surface area contributed by atoms with Crippen molar-refractivity contribution in [3.8, 4) is 213 Å². The van der Waals surface area contributed by atoms with Gasteiger partial charge in [-0.25, -0.2) is 0 Å². The van der Waals surface area contributed by atoms with Gasteiger partial charge in [0, 0.05) is 55.4 Å². The molecule has 0 bridgehead atoms.